The van der Waals surface area contributed by atoms with Gasteiger partial charge in [-0.25, -0.2) is 14.4 Å². The number of carbonyl (C=O) groups excluding carboxylic acids is 2. The summed E-state index contributed by atoms with van der Waals surface area (Å²) < 4.78 is 20.8. The zero-order chi connectivity index (χ0) is 27.8. The molecule has 0 radical (unpaired) electrons. The van der Waals surface area contributed by atoms with E-state index in [-0.39, 0.29) is 17.9 Å². The summed E-state index contributed by atoms with van der Waals surface area (Å²) in [6.07, 6.45) is 1.19. The van der Waals surface area contributed by atoms with Gasteiger partial charge in [-0.2, -0.15) is 0 Å². The summed E-state index contributed by atoms with van der Waals surface area (Å²) >= 11 is 0. The van der Waals surface area contributed by atoms with Crippen molar-refractivity contribution < 1.29 is 18.7 Å². The zero-order valence-corrected chi connectivity index (χ0v) is 21.9. The summed E-state index contributed by atoms with van der Waals surface area (Å²) in [5.74, 6) is 0.115. The molecule has 200 valence electrons. The van der Waals surface area contributed by atoms with Gasteiger partial charge in [0.25, 0.3) is 11.8 Å². The molecule has 4 aromatic rings. The third-order valence-corrected chi connectivity index (χ3v) is 6.95. The molecule has 9 nitrogen and oxygen atoms in total. The second-order valence-electron chi connectivity index (χ2n) is 9.71. The Kier molecular flexibility index (Phi) is 6.78. The van der Waals surface area contributed by atoms with Crippen LogP contribution in [0.2, 0.25) is 0 Å². The highest BCUT2D eigenvalue weighted by Gasteiger charge is 2.31. The van der Waals surface area contributed by atoms with Crippen molar-refractivity contribution in [2.24, 2.45) is 7.05 Å². The van der Waals surface area contributed by atoms with Crippen molar-refractivity contribution in [2.45, 2.75) is 32.0 Å². The summed E-state index contributed by atoms with van der Waals surface area (Å²) in [4.78, 5) is 33.6. The molecule has 2 aromatic heterocycles. The van der Waals surface area contributed by atoms with E-state index < -0.39 is 6.17 Å². The van der Waals surface area contributed by atoms with Gasteiger partial charge in [0.15, 0.2) is 0 Å². The number of fused-ring (bicyclic) bond motifs is 1. The van der Waals surface area contributed by atoms with Gasteiger partial charge in [-0.05, 0) is 55.2 Å². The molecule has 0 aliphatic heterocycles. The van der Waals surface area contributed by atoms with Gasteiger partial charge in [-0.3, -0.25) is 9.59 Å². The Bertz CT molecular complexity index is 1610. The maximum absolute atomic E-state index is 13.2. The van der Waals surface area contributed by atoms with Crippen molar-refractivity contribution in [1.82, 2.24) is 19.9 Å². The topological polar surface area (TPSA) is 124 Å². The minimum absolute atomic E-state index is 0.179. The number of amides is 2. The van der Waals surface area contributed by atoms with Crippen molar-refractivity contribution in [3.63, 3.8) is 0 Å². The normalized spacial score (nSPS) is 16.4. The number of nitrogen functional groups attached to an aromatic ring is 1. The molecule has 10 heteroatoms. The number of aryl methyl sites for hydroxylation is 1. The van der Waals surface area contributed by atoms with Crippen LogP contribution < -0.4 is 21.1 Å². The first kappa shape index (κ1) is 25.9. The Morgan fingerprint density at radius 2 is 1.82 bits per heavy atom. The molecule has 2 aromatic carbocycles. The molecule has 39 heavy (non-hydrogen) atoms. The van der Waals surface area contributed by atoms with E-state index >= 15 is 0 Å². The smallest absolute Gasteiger partial charge is 0.255 e. The molecule has 0 bridgehead atoms. The van der Waals surface area contributed by atoms with Crippen LogP contribution in [0.15, 0.2) is 60.9 Å². The van der Waals surface area contributed by atoms with Crippen LogP contribution in [-0.2, 0) is 11.8 Å². The molecule has 1 fully saturated rings. The fourth-order valence-electron chi connectivity index (χ4n) is 4.81. The van der Waals surface area contributed by atoms with Gasteiger partial charge in [0, 0.05) is 29.9 Å². The Morgan fingerprint density at radius 3 is 2.46 bits per heavy atom. The largest absolute Gasteiger partial charge is 0.496 e. The molecule has 1 aliphatic rings. The number of rotatable bonds is 7. The lowest BCUT2D eigenvalue weighted by Gasteiger charge is -2.30. The van der Waals surface area contributed by atoms with Crippen LogP contribution in [0.1, 0.15) is 30.1 Å². The Balaban J connectivity index is 1.60. The molecule has 1 saturated carbocycles. The van der Waals surface area contributed by atoms with E-state index in [0.717, 1.165) is 22.4 Å². The van der Waals surface area contributed by atoms with E-state index in [0.29, 0.717) is 52.3 Å². The molecular weight excluding hydrogens is 499 g/mol. The van der Waals surface area contributed by atoms with E-state index in [1.165, 1.54) is 13.4 Å². The Morgan fingerprint density at radius 1 is 1.13 bits per heavy atom. The lowest BCUT2D eigenvalue weighted by molar-refractivity contribution is -0.112. The average molecular weight is 529 g/mol. The average Bonchev–Trinajstić information content (AvgIpc) is 3.21. The number of hydrogen-bond donors (Lipinski definition) is 3. The highest BCUT2D eigenvalue weighted by molar-refractivity contribution is 6.09. The summed E-state index contributed by atoms with van der Waals surface area (Å²) in [6.45, 7) is 5.32. The van der Waals surface area contributed by atoms with Crippen LogP contribution in [-0.4, -0.2) is 45.7 Å². The quantitative estimate of drug-likeness (QED) is 0.300. The van der Waals surface area contributed by atoms with Crippen LogP contribution >= 0.6 is 0 Å². The maximum Gasteiger partial charge on any atom is 0.255 e. The lowest BCUT2D eigenvalue weighted by atomic mass is 9.90. The Labute approximate surface area is 224 Å². The summed E-state index contributed by atoms with van der Waals surface area (Å²) in [6, 6.07) is 12.5. The van der Waals surface area contributed by atoms with E-state index in [1.54, 1.807) is 19.1 Å². The minimum atomic E-state index is -0.867. The number of alkyl halides is 1. The van der Waals surface area contributed by atoms with Gasteiger partial charge in [0.05, 0.1) is 23.8 Å². The molecule has 2 heterocycles. The molecule has 2 amide bonds. The first-order valence-corrected chi connectivity index (χ1v) is 12.5. The van der Waals surface area contributed by atoms with E-state index in [1.807, 2.05) is 41.9 Å². The van der Waals surface area contributed by atoms with Gasteiger partial charge in [-0.15, -0.1) is 0 Å². The zero-order valence-electron chi connectivity index (χ0n) is 21.9. The molecule has 1 aliphatic carbocycles. The van der Waals surface area contributed by atoms with E-state index in [2.05, 4.69) is 27.2 Å². The first-order chi connectivity index (χ1) is 18.7. The second kappa shape index (κ2) is 10.2. The van der Waals surface area contributed by atoms with Gasteiger partial charge in [-0.1, -0.05) is 24.8 Å². The highest BCUT2D eigenvalue weighted by Crippen LogP contribution is 2.43. The third kappa shape index (κ3) is 4.81. The number of ether oxygens (including phenoxy) is 1. The minimum Gasteiger partial charge on any atom is -0.496 e. The molecular formula is C29H29FN6O3. The number of nitrogens with zero attached hydrogens (tertiary/aromatic N) is 3. The monoisotopic (exact) mass is 528 g/mol. The van der Waals surface area contributed by atoms with Crippen molar-refractivity contribution in [1.29, 1.82) is 0 Å². The molecule has 0 unspecified atom stereocenters. The molecule has 0 spiro atoms. The number of halogens is 1. The molecule has 0 saturated heterocycles. The van der Waals surface area contributed by atoms with E-state index in [4.69, 9.17) is 10.5 Å². The van der Waals surface area contributed by atoms with Crippen LogP contribution in [0.4, 0.5) is 15.9 Å². The van der Waals surface area contributed by atoms with Crippen LogP contribution in [0.3, 0.4) is 0 Å². The Hall–Kier alpha value is -4.73. The van der Waals surface area contributed by atoms with Crippen molar-refractivity contribution >= 4 is 34.4 Å². The second-order valence-corrected chi connectivity index (χ2v) is 9.71. The number of methoxy groups -OCH3 is 1. The van der Waals surface area contributed by atoms with Gasteiger partial charge in [0.1, 0.15) is 29.7 Å². The van der Waals surface area contributed by atoms with Crippen molar-refractivity contribution in [2.75, 3.05) is 18.2 Å². The molecule has 4 N–H and O–H groups in total. The maximum atomic E-state index is 13.2. The summed E-state index contributed by atoms with van der Waals surface area (Å²) in [5, 5.41) is 6.34. The highest BCUT2D eigenvalue weighted by atomic mass is 19.1. The fourth-order valence-corrected chi connectivity index (χ4v) is 4.81. The first-order valence-electron chi connectivity index (χ1n) is 12.5. The number of carbonyl (C=O) groups is 2. The number of nitrogens with two attached hydrogens (primary N) is 1. The van der Waals surface area contributed by atoms with Crippen LogP contribution in [0.25, 0.3) is 33.4 Å². The third-order valence-electron chi connectivity index (χ3n) is 6.95. The molecule has 0 atom stereocenters. The summed E-state index contributed by atoms with van der Waals surface area (Å²) in [7, 11) is 3.39. The summed E-state index contributed by atoms with van der Waals surface area (Å²) in [5.41, 5.74) is 11.6. The SMILES string of the molecule is C=C(C)C(=O)Nc1ccc(-c2c(-c3ccc(C(=O)N[C@H]4C[C@H](F)C4)c(OC)c3)c3c(N)ncnc3n2C)cc1. The lowest BCUT2D eigenvalue weighted by Crippen LogP contribution is -2.45. The molecule has 5 rings (SSSR count). The van der Waals surface area contributed by atoms with E-state index in [9.17, 15) is 14.0 Å². The van der Waals surface area contributed by atoms with Crippen molar-refractivity contribution in [3.8, 4) is 28.1 Å². The van der Waals surface area contributed by atoms with Gasteiger partial charge in [0.2, 0.25) is 0 Å². The van der Waals surface area contributed by atoms with Crippen LogP contribution in [0.5, 0.6) is 5.75 Å². The fraction of sp³-hybridized carbons (Fsp3) is 0.241. The standard InChI is InChI=1S/C29H29FN6O3/c1-15(2)28(37)34-19-8-5-16(6-9-19)25-23(24-26(31)32-14-33-27(24)36(25)3)17-7-10-21(22(11-17)39-4)29(38)35-20-12-18(30)13-20/h5-11,14,18,20H,1,12-13H2,2-4H3,(H,34,37)(H,35,38)(H2,31,32,33)/t18-,20-. The van der Waals surface area contributed by atoms with Gasteiger partial charge >= 0.3 is 0 Å². The number of nitrogens with one attached hydrogen (secondary N) is 2. The van der Waals surface area contributed by atoms with Gasteiger partial charge < -0.3 is 25.7 Å². The van der Waals surface area contributed by atoms with Crippen molar-refractivity contribution in [3.05, 3.63) is 66.5 Å². The number of aromatic nitrogens is 3. The number of hydrogen-bond acceptors (Lipinski definition) is 6. The van der Waals surface area contributed by atoms with Crippen LogP contribution in [0, 0.1) is 0 Å². The predicted octanol–water partition coefficient (Wildman–Crippen LogP) is 4.64. The predicted molar refractivity (Wildman–Crippen MR) is 149 cm³/mol. The number of benzene rings is 2. The number of anilines is 2.